The molecule has 0 unspecified atom stereocenters. The predicted octanol–water partition coefficient (Wildman–Crippen LogP) is 3.93. The van der Waals surface area contributed by atoms with Gasteiger partial charge in [-0.3, -0.25) is 4.79 Å². The highest BCUT2D eigenvalue weighted by molar-refractivity contribution is 7.89. The van der Waals surface area contributed by atoms with E-state index in [1.54, 1.807) is 37.3 Å². The van der Waals surface area contributed by atoms with Crippen molar-refractivity contribution in [2.24, 2.45) is 0 Å². The van der Waals surface area contributed by atoms with Gasteiger partial charge in [0, 0.05) is 19.8 Å². The molecular formula is C25H28N2O6S. The Hall–Kier alpha value is -3.56. The first kappa shape index (κ1) is 25.1. The van der Waals surface area contributed by atoms with E-state index in [1.807, 2.05) is 30.3 Å². The summed E-state index contributed by atoms with van der Waals surface area (Å²) in [5, 5.41) is 2.66. The molecule has 180 valence electrons. The van der Waals surface area contributed by atoms with E-state index >= 15 is 0 Å². The number of benzene rings is 3. The summed E-state index contributed by atoms with van der Waals surface area (Å²) in [5.74, 6) is 0.983. The molecule has 34 heavy (non-hydrogen) atoms. The van der Waals surface area contributed by atoms with Crippen molar-refractivity contribution in [2.75, 3.05) is 32.6 Å². The van der Waals surface area contributed by atoms with Crippen LogP contribution in [0.25, 0.3) is 0 Å². The molecule has 1 N–H and O–H groups in total. The number of nitrogens with one attached hydrogen (secondary N) is 1. The van der Waals surface area contributed by atoms with Gasteiger partial charge in [-0.2, -0.15) is 0 Å². The first-order valence-electron chi connectivity index (χ1n) is 10.7. The van der Waals surface area contributed by atoms with Crippen molar-refractivity contribution in [2.45, 2.75) is 18.4 Å². The highest BCUT2D eigenvalue weighted by atomic mass is 32.2. The topological polar surface area (TPSA) is 94.2 Å². The van der Waals surface area contributed by atoms with Crippen molar-refractivity contribution in [3.8, 4) is 17.2 Å². The number of sulfonamides is 1. The number of amides is 1. The highest BCUT2D eigenvalue weighted by Crippen LogP contribution is 2.29. The largest absolute Gasteiger partial charge is 0.492 e. The molecule has 3 aromatic carbocycles. The average molecular weight is 485 g/mol. The maximum Gasteiger partial charge on any atom is 0.262 e. The van der Waals surface area contributed by atoms with Crippen LogP contribution < -0.4 is 19.5 Å². The summed E-state index contributed by atoms with van der Waals surface area (Å²) in [6, 6.07) is 21.3. The van der Waals surface area contributed by atoms with Crippen LogP contribution in [0.4, 0.5) is 5.69 Å². The van der Waals surface area contributed by atoms with E-state index in [0.717, 1.165) is 9.87 Å². The van der Waals surface area contributed by atoms with Crippen LogP contribution >= 0.6 is 0 Å². The Labute approximate surface area is 200 Å². The van der Waals surface area contributed by atoms with Crippen molar-refractivity contribution >= 4 is 21.6 Å². The number of hydrogen-bond acceptors (Lipinski definition) is 6. The Balaban J connectivity index is 1.57. The van der Waals surface area contributed by atoms with E-state index < -0.39 is 15.9 Å². The third-order valence-electron chi connectivity index (χ3n) is 4.73. The SMILES string of the molecule is CCOc1ccc(NC(=O)COc2ccc(OCc3ccccc3)cc2)cc1S(=O)(=O)N(C)C. The second kappa shape index (κ2) is 11.5. The van der Waals surface area contributed by atoms with E-state index in [4.69, 9.17) is 14.2 Å². The van der Waals surface area contributed by atoms with Gasteiger partial charge >= 0.3 is 0 Å². The Bertz CT molecular complexity index is 1200. The van der Waals surface area contributed by atoms with Crippen molar-refractivity contribution in [3.05, 3.63) is 78.4 Å². The van der Waals surface area contributed by atoms with Gasteiger partial charge in [0.25, 0.3) is 5.91 Å². The summed E-state index contributed by atoms with van der Waals surface area (Å²) in [4.78, 5) is 12.3. The zero-order valence-electron chi connectivity index (χ0n) is 19.4. The number of nitrogens with zero attached hydrogens (tertiary/aromatic N) is 1. The molecule has 0 fully saturated rings. The number of ether oxygens (including phenoxy) is 3. The molecule has 0 saturated heterocycles. The minimum atomic E-state index is -3.76. The lowest BCUT2D eigenvalue weighted by Gasteiger charge is -2.16. The highest BCUT2D eigenvalue weighted by Gasteiger charge is 2.23. The summed E-state index contributed by atoms with van der Waals surface area (Å²) < 4.78 is 43.1. The minimum absolute atomic E-state index is 0.0239. The molecule has 0 saturated carbocycles. The van der Waals surface area contributed by atoms with Crippen molar-refractivity contribution < 1.29 is 27.4 Å². The maximum absolute atomic E-state index is 12.6. The fraction of sp³-hybridized carbons (Fsp3) is 0.240. The minimum Gasteiger partial charge on any atom is -0.492 e. The van der Waals surface area contributed by atoms with E-state index in [1.165, 1.54) is 26.2 Å². The number of anilines is 1. The summed E-state index contributed by atoms with van der Waals surface area (Å²) in [6.45, 7) is 2.29. The lowest BCUT2D eigenvalue weighted by molar-refractivity contribution is -0.118. The van der Waals surface area contributed by atoms with Gasteiger partial charge in [0.1, 0.15) is 28.8 Å². The molecule has 3 rings (SSSR count). The molecule has 0 bridgehead atoms. The first-order valence-corrected chi connectivity index (χ1v) is 12.1. The van der Waals surface area contributed by atoms with Crippen LogP contribution in [0.2, 0.25) is 0 Å². The Morgan fingerprint density at radius 3 is 2.15 bits per heavy atom. The second-order valence-electron chi connectivity index (χ2n) is 7.46. The van der Waals surface area contributed by atoms with Crippen LogP contribution in [0.15, 0.2) is 77.7 Å². The van der Waals surface area contributed by atoms with Crippen LogP contribution in [0.5, 0.6) is 17.2 Å². The maximum atomic E-state index is 12.6. The lowest BCUT2D eigenvalue weighted by atomic mass is 10.2. The van der Waals surface area contributed by atoms with E-state index in [2.05, 4.69) is 5.32 Å². The number of carbonyl (C=O) groups is 1. The number of hydrogen-bond donors (Lipinski definition) is 1. The van der Waals surface area contributed by atoms with Crippen LogP contribution in [0.3, 0.4) is 0 Å². The summed E-state index contributed by atoms with van der Waals surface area (Å²) >= 11 is 0. The summed E-state index contributed by atoms with van der Waals surface area (Å²) in [6.07, 6.45) is 0. The average Bonchev–Trinajstić information content (AvgIpc) is 2.83. The van der Waals surface area contributed by atoms with Crippen LogP contribution in [-0.4, -0.2) is 45.9 Å². The third kappa shape index (κ3) is 6.72. The molecule has 0 atom stereocenters. The molecular weight excluding hydrogens is 456 g/mol. The molecule has 0 heterocycles. The van der Waals surface area contributed by atoms with Gasteiger partial charge in [-0.05, 0) is 55.0 Å². The fourth-order valence-corrected chi connectivity index (χ4v) is 4.03. The van der Waals surface area contributed by atoms with Crippen molar-refractivity contribution in [3.63, 3.8) is 0 Å². The zero-order chi connectivity index (χ0) is 24.6. The normalized spacial score (nSPS) is 11.2. The quantitative estimate of drug-likeness (QED) is 0.443. The molecule has 9 heteroatoms. The van der Waals surface area contributed by atoms with Gasteiger partial charge in [-0.1, -0.05) is 30.3 Å². The van der Waals surface area contributed by atoms with Crippen LogP contribution in [0.1, 0.15) is 12.5 Å². The van der Waals surface area contributed by atoms with Gasteiger partial charge in [-0.15, -0.1) is 0 Å². The molecule has 8 nitrogen and oxygen atoms in total. The molecule has 0 aliphatic heterocycles. The standard InChI is InChI=1S/C25H28N2O6S/c1-4-31-23-15-10-20(16-24(23)34(29,30)27(2)3)26-25(28)18-33-22-13-11-21(12-14-22)32-17-19-8-6-5-7-9-19/h5-16H,4,17-18H2,1-3H3,(H,26,28). The smallest absolute Gasteiger partial charge is 0.262 e. The van der Waals surface area contributed by atoms with Gasteiger partial charge in [0.15, 0.2) is 6.61 Å². The molecule has 3 aromatic rings. The molecule has 0 radical (unpaired) electrons. The van der Waals surface area contributed by atoms with Crippen molar-refractivity contribution in [1.82, 2.24) is 4.31 Å². The molecule has 0 spiro atoms. The Morgan fingerprint density at radius 2 is 1.53 bits per heavy atom. The monoisotopic (exact) mass is 484 g/mol. The third-order valence-corrected chi connectivity index (χ3v) is 6.56. The van der Waals surface area contributed by atoms with Gasteiger partial charge in [0.05, 0.1) is 6.61 Å². The van der Waals surface area contributed by atoms with E-state index in [9.17, 15) is 13.2 Å². The summed E-state index contributed by atoms with van der Waals surface area (Å²) in [7, 11) is -0.891. The number of carbonyl (C=O) groups excluding carboxylic acids is 1. The van der Waals surface area contributed by atoms with Crippen LogP contribution in [-0.2, 0) is 21.4 Å². The molecule has 0 aliphatic carbocycles. The second-order valence-corrected chi connectivity index (χ2v) is 9.58. The Kier molecular flexibility index (Phi) is 8.50. The van der Waals surface area contributed by atoms with E-state index in [0.29, 0.717) is 30.4 Å². The Morgan fingerprint density at radius 1 is 0.882 bits per heavy atom. The number of rotatable bonds is 11. The van der Waals surface area contributed by atoms with Gasteiger partial charge in [0.2, 0.25) is 10.0 Å². The van der Waals surface area contributed by atoms with Crippen LogP contribution in [0, 0.1) is 0 Å². The first-order chi connectivity index (χ1) is 16.3. The zero-order valence-corrected chi connectivity index (χ0v) is 20.2. The molecule has 1 amide bonds. The molecule has 0 aromatic heterocycles. The summed E-state index contributed by atoms with van der Waals surface area (Å²) in [5.41, 5.74) is 1.39. The van der Waals surface area contributed by atoms with E-state index in [-0.39, 0.29) is 17.3 Å². The van der Waals surface area contributed by atoms with Crippen molar-refractivity contribution in [1.29, 1.82) is 0 Å². The molecule has 0 aliphatic rings. The van der Waals surface area contributed by atoms with Gasteiger partial charge in [-0.25, -0.2) is 12.7 Å². The predicted molar refractivity (Wildman–Crippen MR) is 130 cm³/mol. The fourth-order valence-electron chi connectivity index (χ4n) is 2.98. The van der Waals surface area contributed by atoms with Gasteiger partial charge < -0.3 is 19.5 Å². The lowest BCUT2D eigenvalue weighted by Crippen LogP contribution is -2.24.